The molecule has 1 fully saturated rings. The molecule has 5 heteroatoms. The molecule has 2 atom stereocenters. The van der Waals surface area contributed by atoms with Crippen molar-refractivity contribution in [2.45, 2.75) is 19.0 Å². The van der Waals surface area contributed by atoms with Gasteiger partial charge in [-0.1, -0.05) is 0 Å². The maximum absolute atomic E-state index is 11.6. The molecule has 0 unspecified atom stereocenters. The minimum Gasteiger partial charge on any atom is -0.481 e. The molecule has 0 radical (unpaired) electrons. The quantitative estimate of drug-likeness (QED) is 0.680. The van der Waals surface area contributed by atoms with Crippen molar-refractivity contribution in [3.8, 4) is 0 Å². The molecule has 0 saturated heterocycles. The van der Waals surface area contributed by atoms with E-state index in [2.05, 4.69) is 0 Å². The first-order valence-electron chi connectivity index (χ1n) is 3.19. The van der Waals surface area contributed by atoms with Crippen LogP contribution in [0.4, 0.5) is 13.2 Å². The van der Waals surface area contributed by atoms with Crippen LogP contribution < -0.4 is 0 Å². The van der Waals surface area contributed by atoms with Gasteiger partial charge in [-0.25, -0.2) is 0 Å². The molecule has 0 bridgehead atoms. The second-order valence-electron chi connectivity index (χ2n) is 2.76. The smallest absolute Gasteiger partial charge is 0.389 e. The third kappa shape index (κ3) is 2.40. The summed E-state index contributed by atoms with van der Waals surface area (Å²) in [6.07, 6.45) is -4.99. The van der Waals surface area contributed by atoms with Crippen LogP contribution in [0.5, 0.6) is 0 Å². The van der Waals surface area contributed by atoms with E-state index in [9.17, 15) is 18.0 Å². The van der Waals surface area contributed by atoms with Crippen LogP contribution in [0.25, 0.3) is 0 Å². The summed E-state index contributed by atoms with van der Waals surface area (Å²) in [5, 5.41) is 8.25. The van der Waals surface area contributed by atoms with E-state index >= 15 is 0 Å². The van der Waals surface area contributed by atoms with Gasteiger partial charge < -0.3 is 5.11 Å². The van der Waals surface area contributed by atoms with Gasteiger partial charge >= 0.3 is 12.1 Å². The van der Waals surface area contributed by atoms with Crippen molar-refractivity contribution in [2.24, 2.45) is 11.8 Å². The van der Waals surface area contributed by atoms with Gasteiger partial charge in [-0.05, 0) is 12.3 Å². The van der Waals surface area contributed by atoms with Crippen LogP contribution >= 0.6 is 0 Å². The van der Waals surface area contributed by atoms with Crippen LogP contribution in [0.3, 0.4) is 0 Å². The molecule has 1 N–H and O–H groups in total. The molecular weight excluding hydrogens is 161 g/mol. The van der Waals surface area contributed by atoms with Crippen molar-refractivity contribution in [3.63, 3.8) is 0 Å². The van der Waals surface area contributed by atoms with E-state index in [1.54, 1.807) is 0 Å². The third-order valence-corrected chi connectivity index (χ3v) is 1.73. The summed E-state index contributed by atoms with van der Waals surface area (Å²) < 4.78 is 34.8. The Morgan fingerprint density at radius 1 is 1.55 bits per heavy atom. The lowest BCUT2D eigenvalue weighted by molar-refractivity contribution is -0.144. The molecule has 0 aliphatic heterocycles. The number of carbonyl (C=O) groups is 1. The van der Waals surface area contributed by atoms with E-state index in [0.717, 1.165) is 0 Å². The van der Waals surface area contributed by atoms with Crippen LogP contribution in [-0.4, -0.2) is 17.3 Å². The number of carboxylic acid groups (broad SMARTS) is 1. The summed E-state index contributed by atoms with van der Waals surface area (Å²) in [5.74, 6) is -2.54. The zero-order chi connectivity index (χ0) is 8.65. The van der Waals surface area contributed by atoms with Gasteiger partial charge in [-0.15, -0.1) is 0 Å². The summed E-state index contributed by atoms with van der Waals surface area (Å²) in [4.78, 5) is 10.1. The van der Waals surface area contributed by atoms with Gasteiger partial charge in [-0.2, -0.15) is 13.2 Å². The van der Waals surface area contributed by atoms with Crippen molar-refractivity contribution in [1.82, 2.24) is 0 Å². The molecule has 0 heterocycles. The lowest BCUT2D eigenvalue weighted by atomic mass is 10.2. The molecule has 11 heavy (non-hydrogen) atoms. The second kappa shape index (κ2) is 2.39. The maximum Gasteiger partial charge on any atom is 0.389 e. The van der Waals surface area contributed by atoms with Crippen LogP contribution in [0, 0.1) is 11.8 Å². The SMILES string of the molecule is O=C(O)[C@H]1C[C@@H]1CC(F)(F)F. The van der Waals surface area contributed by atoms with E-state index in [1.165, 1.54) is 0 Å². The molecular formula is C6H7F3O2. The number of hydrogen-bond acceptors (Lipinski definition) is 1. The predicted molar refractivity (Wildman–Crippen MR) is 29.9 cm³/mol. The summed E-state index contributed by atoms with van der Waals surface area (Å²) in [6, 6.07) is 0. The molecule has 1 saturated carbocycles. The van der Waals surface area contributed by atoms with Gasteiger partial charge in [0, 0.05) is 6.42 Å². The average Bonchev–Trinajstić information content (AvgIpc) is 2.40. The number of aliphatic carboxylic acids is 1. The number of carboxylic acids is 1. The summed E-state index contributed by atoms with van der Waals surface area (Å²) in [5.41, 5.74) is 0. The van der Waals surface area contributed by atoms with Crippen molar-refractivity contribution >= 4 is 5.97 Å². The molecule has 0 aromatic carbocycles. The first-order valence-corrected chi connectivity index (χ1v) is 3.19. The lowest BCUT2D eigenvalue weighted by Crippen LogP contribution is -2.10. The van der Waals surface area contributed by atoms with Crippen LogP contribution in [0.15, 0.2) is 0 Å². The van der Waals surface area contributed by atoms with E-state index in [1.807, 2.05) is 0 Å². The van der Waals surface area contributed by atoms with Gasteiger partial charge in [0.2, 0.25) is 0 Å². The lowest BCUT2D eigenvalue weighted by Gasteiger charge is -2.02. The van der Waals surface area contributed by atoms with E-state index in [4.69, 9.17) is 5.11 Å². The molecule has 1 rings (SSSR count). The molecule has 0 spiro atoms. The second-order valence-corrected chi connectivity index (χ2v) is 2.76. The third-order valence-electron chi connectivity index (χ3n) is 1.73. The number of halogens is 3. The Hall–Kier alpha value is -0.740. The summed E-state index contributed by atoms with van der Waals surface area (Å²) in [7, 11) is 0. The molecule has 1 aliphatic rings. The van der Waals surface area contributed by atoms with Crippen molar-refractivity contribution in [2.75, 3.05) is 0 Å². The molecule has 1 aliphatic carbocycles. The fourth-order valence-electron chi connectivity index (χ4n) is 1.07. The number of alkyl halides is 3. The summed E-state index contributed by atoms with van der Waals surface area (Å²) in [6.45, 7) is 0. The Morgan fingerprint density at radius 3 is 2.36 bits per heavy atom. The normalized spacial score (nSPS) is 30.1. The van der Waals surface area contributed by atoms with Gasteiger partial charge in [0.25, 0.3) is 0 Å². The summed E-state index contributed by atoms with van der Waals surface area (Å²) >= 11 is 0. The standard InChI is InChI=1S/C6H7F3O2/c7-6(8,9)2-3-1-4(3)5(10)11/h3-4H,1-2H2,(H,10,11)/t3-,4+/m1/s1. The monoisotopic (exact) mass is 168 g/mol. The first-order chi connectivity index (χ1) is 4.90. The minimum atomic E-state index is -4.21. The van der Waals surface area contributed by atoms with Gasteiger partial charge in [0.15, 0.2) is 0 Å². The zero-order valence-corrected chi connectivity index (χ0v) is 5.56. The van der Waals surface area contributed by atoms with Crippen molar-refractivity contribution in [1.29, 1.82) is 0 Å². The largest absolute Gasteiger partial charge is 0.481 e. The highest BCUT2D eigenvalue weighted by molar-refractivity contribution is 5.73. The van der Waals surface area contributed by atoms with E-state index < -0.39 is 30.4 Å². The molecule has 64 valence electrons. The topological polar surface area (TPSA) is 37.3 Å². The zero-order valence-electron chi connectivity index (χ0n) is 5.56. The van der Waals surface area contributed by atoms with E-state index in [0.29, 0.717) is 0 Å². The molecule has 0 aromatic heterocycles. The van der Waals surface area contributed by atoms with E-state index in [-0.39, 0.29) is 6.42 Å². The molecule has 0 amide bonds. The van der Waals surface area contributed by atoms with Gasteiger partial charge in [0.1, 0.15) is 0 Å². The van der Waals surface area contributed by atoms with Crippen LogP contribution in [0.1, 0.15) is 12.8 Å². The minimum absolute atomic E-state index is 0.175. The Bertz CT molecular complexity index is 175. The molecule has 2 nitrogen and oxygen atoms in total. The Labute approximate surface area is 61.0 Å². The van der Waals surface area contributed by atoms with Crippen LogP contribution in [-0.2, 0) is 4.79 Å². The number of rotatable bonds is 2. The highest BCUT2D eigenvalue weighted by Gasteiger charge is 2.48. The average molecular weight is 168 g/mol. The maximum atomic E-state index is 11.6. The Morgan fingerprint density at radius 2 is 2.09 bits per heavy atom. The highest BCUT2D eigenvalue weighted by Crippen LogP contribution is 2.45. The fourth-order valence-corrected chi connectivity index (χ4v) is 1.07. The molecule has 0 aromatic rings. The Balaban J connectivity index is 2.29. The predicted octanol–water partition coefficient (Wildman–Crippen LogP) is 1.66. The highest BCUT2D eigenvalue weighted by atomic mass is 19.4. The van der Waals surface area contributed by atoms with Crippen LogP contribution in [0.2, 0.25) is 0 Å². The van der Waals surface area contributed by atoms with Crippen molar-refractivity contribution < 1.29 is 23.1 Å². The van der Waals surface area contributed by atoms with Gasteiger partial charge in [-0.3, -0.25) is 4.79 Å². The van der Waals surface area contributed by atoms with Crippen molar-refractivity contribution in [3.05, 3.63) is 0 Å². The Kier molecular flexibility index (Phi) is 1.82. The fraction of sp³-hybridized carbons (Fsp3) is 0.833. The number of hydrogen-bond donors (Lipinski definition) is 1. The first kappa shape index (κ1) is 8.36. The van der Waals surface area contributed by atoms with Gasteiger partial charge in [0.05, 0.1) is 5.92 Å².